The number of amides is 1. The van der Waals surface area contributed by atoms with E-state index in [1.165, 1.54) is 6.07 Å². The topological polar surface area (TPSA) is 98.0 Å². The second-order valence-electron chi connectivity index (χ2n) is 6.41. The minimum Gasteiger partial charge on any atom is -0.493 e. The summed E-state index contributed by atoms with van der Waals surface area (Å²) in [7, 11) is 1.57. The number of carbonyl (C=O) groups excluding carboxylic acids is 1. The second kappa shape index (κ2) is 9.82. The summed E-state index contributed by atoms with van der Waals surface area (Å²) in [5.74, 6) is -0.0849. The number of ether oxygens (including phenoxy) is 2. The molecule has 0 aliphatic heterocycles. The number of hydrogen-bond donors (Lipinski definition) is 2. The van der Waals surface area contributed by atoms with Gasteiger partial charge in [-0.2, -0.15) is 0 Å². The Morgan fingerprint density at radius 2 is 1.96 bits per heavy atom. The predicted molar refractivity (Wildman–Crippen MR) is 104 cm³/mol. The highest BCUT2D eigenvalue weighted by molar-refractivity contribution is 5.96. The van der Waals surface area contributed by atoms with Crippen LogP contribution >= 0.6 is 0 Å². The van der Waals surface area contributed by atoms with E-state index < -0.39 is 11.9 Å². The van der Waals surface area contributed by atoms with Crippen molar-refractivity contribution < 1.29 is 28.6 Å². The fraction of sp³-hybridized carbons (Fsp3) is 0.429. The molecule has 0 spiro atoms. The Bertz CT molecular complexity index is 826. The first-order chi connectivity index (χ1) is 13.4. The first-order valence-electron chi connectivity index (χ1n) is 9.38. The van der Waals surface area contributed by atoms with Gasteiger partial charge in [0, 0.05) is 12.5 Å². The maximum absolute atomic E-state index is 12.5. The van der Waals surface area contributed by atoms with E-state index >= 15 is 0 Å². The fourth-order valence-electron chi connectivity index (χ4n) is 2.73. The minimum atomic E-state index is -1.11. The number of nitrogens with one attached hydrogen (secondary N) is 1. The molecule has 0 bridgehead atoms. The molecule has 0 radical (unpaired) electrons. The lowest BCUT2D eigenvalue weighted by Gasteiger charge is -2.16. The Hall–Kier alpha value is -2.96. The number of carbonyl (C=O) groups is 2. The molecule has 2 N–H and O–H groups in total. The highest BCUT2D eigenvalue weighted by Crippen LogP contribution is 2.30. The van der Waals surface area contributed by atoms with E-state index in [0.29, 0.717) is 24.5 Å². The van der Waals surface area contributed by atoms with Crippen LogP contribution in [0.1, 0.15) is 71.9 Å². The zero-order chi connectivity index (χ0) is 20.7. The van der Waals surface area contributed by atoms with Crippen molar-refractivity contribution in [1.29, 1.82) is 0 Å². The maximum Gasteiger partial charge on any atom is 0.339 e. The molecule has 1 heterocycles. The lowest BCUT2D eigenvalue weighted by Crippen LogP contribution is -2.26. The molecule has 0 fully saturated rings. The number of hydrogen-bond acceptors (Lipinski definition) is 5. The largest absolute Gasteiger partial charge is 0.493 e. The molecule has 1 unspecified atom stereocenters. The third kappa shape index (κ3) is 5.06. The van der Waals surface area contributed by atoms with Crippen molar-refractivity contribution in [2.75, 3.05) is 13.7 Å². The molecule has 2 aromatic rings. The highest BCUT2D eigenvalue weighted by atomic mass is 16.5. The van der Waals surface area contributed by atoms with Crippen LogP contribution in [0.3, 0.4) is 0 Å². The molecule has 1 atom stereocenters. The Kier molecular flexibility index (Phi) is 7.49. The van der Waals surface area contributed by atoms with E-state index in [4.69, 9.17) is 13.9 Å². The number of methoxy groups -OCH3 is 1. The lowest BCUT2D eigenvalue weighted by molar-refractivity contribution is 0.0694. The summed E-state index contributed by atoms with van der Waals surface area (Å²) in [6.07, 6.45) is 2.39. The van der Waals surface area contributed by atoms with Gasteiger partial charge in [0.05, 0.1) is 19.8 Å². The van der Waals surface area contributed by atoms with Gasteiger partial charge in [0.15, 0.2) is 17.3 Å². The van der Waals surface area contributed by atoms with Gasteiger partial charge in [-0.1, -0.05) is 26.3 Å². The average Bonchev–Trinajstić information content (AvgIpc) is 3.13. The number of carboxylic acids is 1. The van der Waals surface area contributed by atoms with Crippen LogP contribution in [0.4, 0.5) is 0 Å². The third-order valence-corrected chi connectivity index (χ3v) is 4.38. The summed E-state index contributed by atoms with van der Waals surface area (Å²) < 4.78 is 16.5. The monoisotopic (exact) mass is 389 g/mol. The van der Waals surface area contributed by atoms with Crippen molar-refractivity contribution in [2.24, 2.45) is 0 Å². The van der Waals surface area contributed by atoms with E-state index in [0.717, 1.165) is 18.4 Å². The summed E-state index contributed by atoms with van der Waals surface area (Å²) in [6.45, 7) is 6.30. The zero-order valence-corrected chi connectivity index (χ0v) is 16.7. The normalized spacial score (nSPS) is 11.7. The van der Waals surface area contributed by atoms with Crippen molar-refractivity contribution in [3.05, 3.63) is 46.9 Å². The van der Waals surface area contributed by atoms with Crippen LogP contribution in [0.25, 0.3) is 0 Å². The average molecular weight is 389 g/mol. The van der Waals surface area contributed by atoms with Gasteiger partial charge in [-0.15, -0.1) is 0 Å². The van der Waals surface area contributed by atoms with Gasteiger partial charge in [-0.05, 0) is 31.0 Å². The van der Waals surface area contributed by atoms with E-state index in [1.807, 2.05) is 25.1 Å². The zero-order valence-electron chi connectivity index (χ0n) is 16.7. The van der Waals surface area contributed by atoms with Gasteiger partial charge in [-0.25, -0.2) is 4.79 Å². The predicted octanol–water partition coefficient (Wildman–Crippen LogP) is 4.22. The molecule has 28 heavy (non-hydrogen) atoms. The Labute approximate surface area is 164 Å². The van der Waals surface area contributed by atoms with Crippen LogP contribution in [-0.4, -0.2) is 30.7 Å². The van der Waals surface area contributed by atoms with Gasteiger partial charge in [-0.3, -0.25) is 4.79 Å². The van der Waals surface area contributed by atoms with Gasteiger partial charge in [0.1, 0.15) is 11.3 Å². The van der Waals surface area contributed by atoms with Crippen LogP contribution in [0, 0.1) is 0 Å². The molecule has 0 saturated heterocycles. The minimum absolute atomic E-state index is 0.00977. The van der Waals surface area contributed by atoms with Crippen LogP contribution in [0.5, 0.6) is 11.5 Å². The molecule has 7 nitrogen and oxygen atoms in total. The standard InChI is InChI=1S/C21H27NO6/c1-5-7-10-27-17-9-8-14(11-18(17)26-4)13(3)22-20(23)19-12-15(21(24)25)16(6-2)28-19/h8-9,11-13H,5-7,10H2,1-4H3,(H,22,23)(H,24,25). The summed E-state index contributed by atoms with van der Waals surface area (Å²) >= 11 is 0. The summed E-state index contributed by atoms with van der Waals surface area (Å²) in [5.41, 5.74) is 0.837. The molecule has 0 saturated carbocycles. The number of rotatable bonds is 10. The van der Waals surface area contributed by atoms with E-state index in [9.17, 15) is 14.7 Å². The number of carboxylic acid groups (broad SMARTS) is 1. The number of aromatic carboxylic acids is 1. The van der Waals surface area contributed by atoms with Crippen molar-refractivity contribution in [2.45, 2.75) is 46.1 Å². The third-order valence-electron chi connectivity index (χ3n) is 4.38. The van der Waals surface area contributed by atoms with Gasteiger partial charge in [0.25, 0.3) is 5.91 Å². The first-order valence-corrected chi connectivity index (χ1v) is 9.38. The molecule has 1 amide bonds. The number of unbranched alkanes of at least 4 members (excludes halogenated alkanes) is 1. The quantitative estimate of drug-likeness (QED) is 0.591. The molecule has 0 aliphatic carbocycles. The number of furan rings is 1. The van der Waals surface area contributed by atoms with Crippen LogP contribution < -0.4 is 14.8 Å². The number of benzene rings is 1. The summed E-state index contributed by atoms with van der Waals surface area (Å²) in [6, 6.07) is 6.41. The van der Waals surface area contributed by atoms with Gasteiger partial charge in [0.2, 0.25) is 0 Å². The van der Waals surface area contributed by atoms with Crippen molar-refractivity contribution in [1.82, 2.24) is 5.32 Å². The molecule has 1 aromatic heterocycles. The number of aryl methyl sites for hydroxylation is 1. The Morgan fingerprint density at radius 3 is 2.54 bits per heavy atom. The van der Waals surface area contributed by atoms with E-state index in [2.05, 4.69) is 12.2 Å². The molecule has 2 rings (SSSR count). The second-order valence-corrected chi connectivity index (χ2v) is 6.41. The van der Waals surface area contributed by atoms with Crippen LogP contribution in [-0.2, 0) is 6.42 Å². The van der Waals surface area contributed by atoms with E-state index in [1.54, 1.807) is 14.0 Å². The SMILES string of the molecule is CCCCOc1ccc(C(C)NC(=O)c2cc(C(=O)O)c(CC)o2)cc1OC. The lowest BCUT2D eigenvalue weighted by atomic mass is 10.1. The van der Waals surface area contributed by atoms with Crippen LogP contribution in [0.2, 0.25) is 0 Å². The van der Waals surface area contributed by atoms with Gasteiger partial charge < -0.3 is 24.3 Å². The molecule has 0 aliphatic rings. The Morgan fingerprint density at radius 1 is 1.21 bits per heavy atom. The smallest absolute Gasteiger partial charge is 0.339 e. The molecule has 1 aromatic carbocycles. The molecule has 7 heteroatoms. The van der Waals surface area contributed by atoms with Crippen molar-refractivity contribution in [3.8, 4) is 11.5 Å². The molecular formula is C21H27NO6. The highest BCUT2D eigenvalue weighted by Gasteiger charge is 2.21. The van der Waals surface area contributed by atoms with Gasteiger partial charge >= 0.3 is 5.97 Å². The Balaban J connectivity index is 2.12. The van der Waals surface area contributed by atoms with Crippen molar-refractivity contribution in [3.63, 3.8) is 0 Å². The maximum atomic E-state index is 12.5. The summed E-state index contributed by atoms with van der Waals surface area (Å²) in [5, 5.41) is 12.0. The molecule has 152 valence electrons. The summed E-state index contributed by atoms with van der Waals surface area (Å²) in [4.78, 5) is 23.7. The first kappa shape index (κ1) is 21.3. The van der Waals surface area contributed by atoms with Crippen LogP contribution in [0.15, 0.2) is 28.7 Å². The van der Waals surface area contributed by atoms with Crippen molar-refractivity contribution >= 4 is 11.9 Å². The van der Waals surface area contributed by atoms with E-state index in [-0.39, 0.29) is 23.1 Å². The molecular weight excluding hydrogens is 362 g/mol. The fourth-order valence-corrected chi connectivity index (χ4v) is 2.73.